The summed E-state index contributed by atoms with van der Waals surface area (Å²) in [4.78, 5) is 22.2. The quantitative estimate of drug-likeness (QED) is 0.519. The average Bonchev–Trinajstić information content (AvgIpc) is 3.20. The van der Waals surface area contributed by atoms with Crippen LogP contribution in [0.5, 0.6) is 0 Å². The summed E-state index contributed by atoms with van der Waals surface area (Å²) in [5.41, 5.74) is 3.69. The van der Waals surface area contributed by atoms with Gasteiger partial charge in [-0.1, -0.05) is 29.8 Å². The maximum atomic E-state index is 12.7. The zero-order valence-electron chi connectivity index (χ0n) is 14.6. The lowest BCUT2D eigenvalue weighted by atomic mass is 10.2. The second-order valence-corrected chi connectivity index (χ2v) is 7.42. The molecule has 5 nitrogen and oxygen atoms in total. The van der Waals surface area contributed by atoms with E-state index in [1.807, 2.05) is 59.3 Å². The largest absolute Gasteiger partial charge is 0.310 e. The number of nitrogens with one attached hydrogen (secondary N) is 1. The third-order valence-corrected chi connectivity index (χ3v) is 6.00. The number of aromatic nitrogens is 3. The molecular formula is C20H17ClN4OS. The fourth-order valence-electron chi connectivity index (χ4n) is 2.91. The van der Waals surface area contributed by atoms with Gasteiger partial charge in [-0.15, -0.1) is 11.3 Å². The van der Waals surface area contributed by atoms with Crippen LogP contribution in [0.3, 0.4) is 0 Å². The molecule has 4 rings (SSSR count). The van der Waals surface area contributed by atoms with E-state index in [2.05, 4.69) is 15.3 Å². The molecule has 0 aliphatic carbocycles. The Morgan fingerprint density at radius 3 is 2.78 bits per heavy atom. The molecule has 27 heavy (non-hydrogen) atoms. The molecule has 4 aromatic rings. The normalized spacial score (nSPS) is 11.0. The van der Waals surface area contributed by atoms with Gasteiger partial charge >= 0.3 is 0 Å². The van der Waals surface area contributed by atoms with Gasteiger partial charge in [0.05, 0.1) is 16.1 Å². The standard InChI is InChI=1S/C20H17ClN4OS/c1-13-12-27-18(17(13)21)19(26)24-20-23-15-7-2-3-8-16(15)25(20)11-9-14-6-4-5-10-22-14/h2-8,10,12H,9,11H2,1H3,(H,23,24,26). The Morgan fingerprint density at radius 2 is 2.04 bits per heavy atom. The summed E-state index contributed by atoms with van der Waals surface area (Å²) in [5, 5.41) is 5.30. The molecule has 1 amide bonds. The molecule has 0 atom stereocenters. The van der Waals surface area contributed by atoms with Crippen molar-refractivity contribution in [3.63, 3.8) is 0 Å². The number of nitrogens with zero attached hydrogens (tertiary/aromatic N) is 3. The number of para-hydroxylation sites is 2. The maximum absolute atomic E-state index is 12.7. The van der Waals surface area contributed by atoms with E-state index in [-0.39, 0.29) is 5.91 Å². The van der Waals surface area contributed by atoms with Crippen molar-refractivity contribution in [1.82, 2.24) is 14.5 Å². The van der Waals surface area contributed by atoms with Gasteiger partial charge in [-0.3, -0.25) is 15.1 Å². The van der Waals surface area contributed by atoms with Crippen molar-refractivity contribution < 1.29 is 4.79 Å². The van der Waals surface area contributed by atoms with Crippen molar-refractivity contribution in [2.75, 3.05) is 5.32 Å². The lowest BCUT2D eigenvalue weighted by molar-refractivity contribution is 0.102. The van der Waals surface area contributed by atoms with E-state index in [0.717, 1.165) is 28.7 Å². The number of pyridine rings is 1. The van der Waals surface area contributed by atoms with Crippen LogP contribution in [0.1, 0.15) is 20.9 Å². The molecule has 3 heterocycles. The smallest absolute Gasteiger partial charge is 0.269 e. The number of imidazole rings is 1. The topological polar surface area (TPSA) is 59.8 Å². The molecule has 0 unspecified atom stereocenters. The summed E-state index contributed by atoms with van der Waals surface area (Å²) in [6, 6.07) is 13.7. The highest BCUT2D eigenvalue weighted by molar-refractivity contribution is 7.13. The van der Waals surface area contributed by atoms with E-state index in [4.69, 9.17) is 11.6 Å². The molecule has 3 aromatic heterocycles. The van der Waals surface area contributed by atoms with Crippen molar-refractivity contribution >= 4 is 45.8 Å². The van der Waals surface area contributed by atoms with Crippen LogP contribution >= 0.6 is 22.9 Å². The van der Waals surface area contributed by atoms with Crippen molar-refractivity contribution in [3.8, 4) is 0 Å². The number of hydrogen-bond acceptors (Lipinski definition) is 4. The number of fused-ring (bicyclic) bond motifs is 1. The molecule has 136 valence electrons. The summed E-state index contributed by atoms with van der Waals surface area (Å²) >= 11 is 7.58. The van der Waals surface area contributed by atoms with Crippen molar-refractivity contribution in [2.24, 2.45) is 0 Å². The van der Waals surface area contributed by atoms with Crippen molar-refractivity contribution in [2.45, 2.75) is 19.9 Å². The zero-order valence-corrected chi connectivity index (χ0v) is 16.2. The fraction of sp³-hybridized carbons (Fsp3) is 0.150. The minimum atomic E-state index is -0.243. The second-order valence-electron chi connectivity index (χ2n) is 6.16. The molecule has 1 N–H and O–H groups in total. The van der Waals surface area contributed by atoms with Gasteiger partial charge in [0.15, 0.2) is 0 Å². The predicted octanol–water partition coefficient (Wildman–Crippen LogP) is 4.95. The van der Waals surface area contributed by atoms with E-state index < -0.39 is 0 Å². The molecular weight excluding hydrogens is 380 g/mol. The molecule has 0 saturated heterocycles. The maximum Gasteiger partial charge on any atom is 0.269 e. The van der Waals surface area contributed by atoms with Crippen LogP contribution in [0.2, 0.25) is 5.02 Å². The van der Waals surface area contributed by atoms with Gasteiger partial charge in [-0.05, 0) is 42.1 Å². The fourth-order valence-corrected chi connectivity index (χ4v) is 4.08. The number of halogens is 1. The van der Waals surface area contributed by atoms with Gasteiger partial charge in [0, 0.05) is 24.9 Å². The Hall–Kier alpha value is -2.70. The Morgan fingerprint density at radius 1 is 1.22 bits per heavy atom. The van der Waals surface area contributed by atoms with E-state index >= 15 is 0 Å². The summed E-state index contributed by atoms with van der Waals surface area (Å²) in [6.45, 7) is 2.54. The SMILES string of the molecule is Cc1csc(C(=O)Nc2nc3ccccc3n2CCc2ccccn2)c1Cl. The summed E-state index contributed by atoms with van der Waals surface area (Å²) in [6.07, 6.45) is 2.52. The first-order chi connectivity index (χ1) is 13.1. The van der Waals surface area contributed by atoms with Crippen LogP contribution in [-0.2, 0) is 13.0 Å². The van der Waals surface area contributed by atoms with Crippen molar-refractivity contribution in [1.29, 1.82) is 0 Å². The first-order valence-corrected chi connectivity index (χ1v) is 9.79. The zero-order chi connectivity index (χ0) is 18.8. The molecule has 0 aliphatic heterocycles. The molecule has 7 heteroatoms. The molecule has 0 spiro atoms. The van der Waals surface area contributed by atoms with E-state index in [1.54, 1.807) is 6.20 Å². The van der Waals surface area contributed by atoms with Crippen LogP contribution in [-0.4, -0.2) is 20.4 Å². The summed E-state index contributed by atoms with van der Waals surface area (Å²) in [7, 11) is 0. The van der Waals surface area contributed by atoms with Gasteiger partial charge < -0.3 is 4.57 Å². The number of amides is 1. The van der Waals surface area contributed by atoms with Gasteiger partial charge in [0.25, 0.3) is 5.91 Å². The molecule has 0 bridgehead atoms. The van der Waals surface area contributed by atoms with E-state index in [1.165, 1.54) is 11.3 Å². The van der Waals surface area contributed by atoms with Gasteiger partial charge in [0.2, 0.25) is 5.95 Å². The third kappa shape index (κ3) is 3.59. The molecule has 0 aliphatic rings. The van der Waals surface area contributed by atoms with E-state index in [9.17, 15) is 4.79 Å². The van der Waals surface area contributed by atoms with Crippen LogP contribution in [0.15, 0.2) is 54.0 Å². The number of hydrogen-bond donors (Lipinski definition) is 1. The number of aryl methyl sites for hydroxylation is 3. The van der Waals surface area contributed by atoms with Gasteiger partial charge in [-0.2, -0.15) is 0 Å². The van der Waals surface area contributed by atoms with Crippen LogP contribution in [0.4, 0.5) is 5.95 Å². The number of carbonyl (C=O) groups excluding carboxylic acids is 1. The Labute approximate surface area is 165 Å². The predicted molar refractivity (Wildman–Crippen MR) is 110 cm³/mol. The summed E-state index contributed by atoms with van der Waals surface area (Å²) in [5.74, 6) is 0.270. The molecule has 0 fully saturated rings. The summed E-state index contributed by atoms with van der Waals surface area (Å²) < 4.78 is 2.01. The lowest BCUT2D eigenvalue weighted by Gasteiger charge is -2.10. The van der Waals surface area contributed by atoms with Crippen LogP contribution < -0.4 is 5.32 Å². The van der Waals surface area contributed by atoms with Gasteiger partial charge in [0.1, 0.15) is 4.88 Å². The second kappa shape index (κ2) is 7.50. The molecule has 1 aromatic carbocycles. The molecule has 0 saturated carbocycles. The Bertz CT molecular complexity index is 1100. The lowest BCUT2D eigenvalue weighted by Crippen LogP contribution is -2.16. The number of anilines is 1. The molecule has 0 radical (unpaired) electrons. The monoisotopic (exact) mass is 396 g/mol. The first kappa shape index (κ1) is 17.7. The third-order valence-electron chi connectivity index (χ3n) is 4.30. The highest BCUT2D eigenvalue weighted by atomic mass is 35.5. The number of carbonyl (C=O) groups is 1. The van der Waals surface area contributed by atoms with Crippen LogP contribution in [0.25, 0.3) is 11.0 Å². The van der Waals surface area contributed by atoms with Crippen molar-refractivity contribution in [3.05, 3.63) is 75.2 Å². The first-order valence-electron chi connectivity index (χ1n) is 8.53. The average molecular weight is 397 g/mol. The minimum Gasteiger partial charge on any atom is -0.310 e. The van der Waals surface area contributed by atoms with E-state index in [0.29, 0.717) is 22.4 Å². The highest BCUT2D eigenvalue weighted by Gasteiger charge is 2.18. The van der Waals surface area contributed by atoms with Crippen LogP contribution in [0, 0.1) is 6.92 Å². The highest BCUT2D eigenvalue weighted by Crippen LogP contribution is 2.28. The number of thiophene rings is 1. The Kier molecular flexibility index (Phi) is 4.92. The Balaban J connectivity index is 1.65. The number of benzene rings is 1. The minimum absolute atomic E-state index is 0.243. The number of rotatable bonds is 5. The van der Waals surface area contributed by atoms with Gasteiger partial charge in [-0.25, -0.2) is 4.98 Å².